The van der Waals surface area contributed by atoms with Crippen LogP contribution in [-0.4, -0.2) is 17.8 Å². The van der Waals surface area contributed by atoms with E-state index in [1.165, 1.54) is 0 Å². The zero-order valence-corrected chi connectivity index (χ0v) is 7.28. The summed E-state index contributed by atoms with van der Waals surface area (Å²) in [6.07, 6.45) is 0. The zero-order chi connectivity index (χ0) is 13.8. The van der Waals surface area contributed by atoms with Crippen LogP contribution in [0.3, 0.4) is 0 Å². The highest BCUT2D eigenvalue weighted by molar-refractivity contribution is 5.36. The molecule has 0 aromatic rings. The molecule has 17 heavy (non-hydrogen) atoms. The van der Waals surface area contributed by atoms with Crippen molar-refractivity contribution in [1.82, 2.24) is 0 Å². The van der Waals surface area contributed by atoms with Gasteiger partial charge in [0.05, 0.1) is 0 Å². The number of hydrogen-bond donors (Lipinski definition) is 0. The van der Waals surface area contributed by atoms with Crippen molar-refractivity contribution in [2.75, 3.05) is 0 Å². The molecule has 0 amide bonds. The Hall–Kier alpha value is -1.22. The maximum absolute atomic E-state index is 12.5. The lowest BCUT2D eigenvalue weighted by Gasteiger charge is -2.21. The first kappa shape index (κ1) is 13.8. The molecule has 0 N–H and O–H groups in total. The third kappa shape index (κ3) is 1.53. The summed E-state index contributed by atoms with van der Waals surface area (Å²) in [5.41, 5.74) is 0. The van der Waals surface area contributed by atoms with E-state index >= 15 is 0 Å². The van der Waals surface area contributed by atoms with E-state index in [0.29, 0.717) is 0 Å². The lowest BCUT2D eigenvalue weighted by Crippen LogP contribution is -2.41. The molecule has 1 aliphatic carbocycles. The van der Waals surface area contributed by atoms with Crippen LogP contribution in [-0.2, 0) is 0 Å². The van der Waals surface area contributed by atoms with Gasteiger partial charge in [0, 0.05) is 0 Å². The van der Waals surface area contributed by atoms with E-state index in [9.17, 15) is 43.9 Å². The zero-order valence-electron chi connectivity index (χ0n) is 7.28. The molecule has 10 heteroatoms. The minimum Gasteiger partial charge on any atom is -0.202 e. The van der Waals surface area contributed by atoms with Crippen molar-refractivity contribution >= 4 is 0 Å². The molecular weight excluding hydrogens is 274 g/mol. The third-order valence-electron chi connectivity index (χ3n) is 1.88. The minimum absolute atomic E-state index is 3.80. The molecule has 0 aromatic carbocycles. The highest BCUT2D eigenvalue weighted by Gasteiger charge is 2.70. The van der Waals surface area contributed by atoms with Gasteiger partial charge in [0.15, 0.2) is 0 Å². The third-order valence-corrected chi connectivity index (χ3v) is 1.88. The number of allylic oxidation sites excluding steroid dienone is 4. The van der Waals surface area contributed by atoms with Crippen molar-refractivity contribution in [1.29, 1.82) is 0 Å². The summed E-state index contributed by atoms with van der Waals surface area (Å²) in [6.45, 7) is 0. The average molecular weight is 274 g/mol. The van der Waals surface area contributed by atoms with Gasteiger partial charge < -0.3 is 0 Å². The van der Waals surface area contributed by atoms with Gasteiger partial charge in [-0.15, -0.1) is 0 Å². The fourth-order valence-electron chi connectivity index (χ4n) is 0.923. The number of hydrogen-bond acceptors (Lipinski definition) is 0. The molecule has 0 heterocycles. The molecule has 0 saturated carbocycles. The van der Waals surface area contributed by atoms with Crippen molar-refractivity contribution in [3.05, 3.63) is 23.3 Å². The SMILES string of the molecule is FC1=C(F)C(F)(F)C(F)(F)C(F)=C(F)C1(F)F. The highest BCUT2D eigenvalue weighted by Crippen LogP contribution is 2.54. The largest absolute Gasteiger partial charge is 0.370 e. The molecule has 0 atom stereocenters. The van der Waals surface area contributed by atoms with Gasteiger partial charge in [-0.25, -0.2) is 17.6 Å². The molecule has 1 aliphatic rings. The van der Waals surface area contributed by atoms with E-state index in [2.05, 4.69) is 0 Å². The monoisotopic (exact) mass is 274 g/mol. The molecule has 98 valence electrons. The van der Waals surface area contributed by atoms with Gasteiger partial charge in [0.1, 0.15) is 0 Å². The molecule has 0 radical (unpaired) electrons. The second-order valence-corrected chi connectivity index (χ2v) is 2.98. The number of halogens is 10. The van der Waals surface area contributed by atoms with Crippen molar-refractivity contribution in [3.63, 3.8) is 0 Å². The van der Waals surface area contributed by atoms with E-state index in [-0.39, 0.29) is 0 Å². The highest BCUT2D eigenvalue weighted by atomic mass is 19.3. The summed E-state index contributed by atoms with van der Waals surface area (Å²) in [5.74, 6) is -33.8. The van der Waals surface area contributed by atoms with E-state index in [1.54, 1.807) is 0 Å². The van der Waals surface area contributed by atoms with Gasteiger partial charge in [-0.2, -0.15) is 26.3 Å². The molecule has 0 saturated heterocycles. The molecule has 0 fully saturated rings. The second-order valence-electron chi connectivity index (χ2n) is 2.98. The standard InChI is InChI=1S/C7F10/c8-1-3(10)6(14,15)7(16,17)4(11)2(9)5(1,12)13. The maximum Gasteiger partial charge on any atom is 0.370 e. The van der Waals surface area contributed by atoms with Crippen LogP contribution in [0.2, 0.25) is 0 Å². The van der Waals surface area contributed by atoms with Crippen LogP contribution in [0, 0.1) is 0 Å². The molecule has 0 aliphatic heterocycles. The fraction of sp³-hybridized carbons (Fsp3) is 0.429. The smallest absolute Gasteiger partial charge is 0.202 e. The Kier molecular flexibility index (Phi) is 2.76. The Morgan fingerprint density at radius 1 is 0.471 bits per heavy atom. The first-order chi connectivity index (χ1) is 7.38. The Balaban J connectivity index is 3.74. The molecule has 0 unspecified atom stereocenters. The quantitative estimate of drug-likeness (QED) is 0.580. The van der Waals surface area contributed by atoms with Crippen LogP contribution in [0.4, 0.5) is 43.9 Å². The summed E-state index contributed by atoms with van der Waals surface area (Å²) >= 11 is 0. The van der Waals surface area contributed by atoms with Gasteiger partial charge >= 0.3 is 17.8 Å². The Morgan fingerprint density at radius 3 is 0.941 bits per heavy atom. The topological polar surface area (TPSA) is 0 Å². The van der Waals surface area contributed by atoms with E-state index in [0.717, 1.165) is 0 Å². The van der Waals surface area contributed by atoms with Crippen molar-refractivity contribution in [2.45, 2.75) is 17.8 Å². The van der Waals surface area contributed by atoms with Crippen LogP contribution in [0.1, 0.15) is 0 Å². The van der Waals surface area contributed by atoms with Crippen molar-refractivity contribution in [2.24, 2.45) is 0 Å². The molecule has 0 aromatic heterocycles. The van der Waals surface area contributed by atoms with Crippen LogP contribution in [0.15, 0.2) is 23.3 Å². The van der Waals surface area contributed by atoms with Crippen LogP contribution in [0.25, 0.3) is 0 Å². The van der Waals surface area contributed by atoms with E-state index < -0.39 is 41.1 Å². The first-order valence-corrected chi connectivity index (χ1v) is 3.64. The van der Waals surface area contributed by atoms with E-state index in [1.807, 2.05) is 0 Å². The summed E-state index contributed by atoms with van der Waals surface area (Å²) in [7, 11) is 0. The Bertz CT molecular complexity index is 376. The van der Waals surface area contributed by atoms with Gasteiger partial charge in [0.2, 0.25) is 23.3 Å². The number of rotatable bonds is 0. The van der Waals surface area contributed by atoms with Gasteiger partial charge in [-0.05, 0) is 0 Å². The summed E-state index contributed by atoms with van der Waals surface area (Å²) < 4.78 is 124. The molecule has 0 nitrogen and oxygen atoms in total. The van der Waals surface area contributed by atoms with Gasteiger partial charge in [0.25, 0.3) is 0 Å². The van der Waals surface area contributed by atoms with E-state index in [4.69, 9.17) is 0 Å². The summed E-state index contributed by atoms with van der Waals surface area (Å²) in [4.78, 5) is 0. The van der Waals surface area contributed by atoms with Gasteiger partial charge in [-0.1, -0.05) is 0 Å². The Labute approximate surface area is 86.2 Å². The minimum atomic E-state index is -6.25. The predicted molar refractivity (Wildman–Crippen MR) is 33.3 cm³/mol. The number of alkyl halides is 6. The van der Waals surface area contributed by atoms with Gasteiger partial charge in [-0.3, -0.25) is 0 Å². The predicted octanol–water partition coefficient (Wildman–Crippen LogP) is 4.21. The lowest BCUT2D eigenvalue weighted by molar-refractivity contribution is -0.181. The fourth-order valence-corrected chi connectivity index (χ4v) is 0.923. The van der Waals surface area contributed by atoms with Crippen LogP contribution < -0.4 is 0 Å². The first-order valence-electron chi connectivity index (χ1n) is 3.64. The van der Waals surface area contributed by atoms with Crippen molar-refractivity contribution < 1.29 is 43.9 Å². The second kappa shape index (κ2) is 3.39. The maximum atomic E-state index is 12.5. The molecular formula is C7F10. The summed E-state index contributed by atoms with van der Waals surface area (Å²) in [5, 5.41) is 0. The molecule has 0 spiro atoms. The average Bonchev–Trinajstić information content (AvgIpc) is 2.24. The Morgan fingerprint density at radius 2 is 0.706 bits per heavy atom. The molecule has 1 rings (SSSR count). The lowest BCUT2D eigenvalue weighted by atomic mass is 10.1. The van der Waals surface area contributed by atoms with Crippen molar-refractivity contribution in [3.8, 4) is 0 Å². The summed E-state index contributed by atoms with van der Waals surface area (Å²) in [6, 6.07) is 0. The molecule has 0 bridgehead atoms. The van der Waals surface area contributed by atoms with Crippen LogP contribution >= 0.6 is 0 Å². The van der Waals surface area contributed by atoms with Crippen LogP contribution in [0.5, 0.6) is 0 Å². The normalized spacial score (nSPS) is 27.2.